The van der Waals surface area contributed by atoms with Crippen molar-refractivity contribution in [1.82, 2.24) is 5.32 Å². The molecule has 0 saturated heterocycles. The van der Waals surface area contributed by atoms with Crippen molar-refractivity contribution in [2.24, 2.45) is 0 Å². The van der Waals surface area contributed by atoms with Crippen LogP contribution < -0.4 is 20.1 Å². The first-order valence-corrected chi connectivity index (χ1v) is 9.58. The number of para-hydroxylation sites is 1. The summed E-state index contributed by atoms with van der Waals surface area (Å²) in [7, 11) is 4.70. The monoisotopic (exact) mass is 404 g/mol. The predicted octanol–water partition coefficient (Wildman–Crippen LogP) is 2.81. The second kappa shape index (κ2) is 11.2. The number of amides is 2. The third-order valence-electron chi connectivity index (χ3n) is 3.76. The van der Waals surface area contributed by atoms with Gasteiger partial charge in [0.05, 0.1) is 37.8 Å². The van der Waals surface area contributed by atoms with Gasteiger partial charge in [-0.3, -0.25) is 9.59 Å². The van der Waals surface area contributed by atoms with E-state index in [1.807, 2.05) is 12.1 Å². The minimum atomic E-state index is -0.263. The zero-order valence-electron chi connectivity index (χ0n) is 16.1. The summed E-state index contributed by atoms with van der Waals surface area (Å²) in [5.41, 5.74) is 0.874. The third kappa shape index (κ3) is 6.17. The molecule has 0 saturated carbocycles. The summed E-state index contributed by atoms with van der Waals surface area (Å²) in [5.74, 6) is 0.947. The van der Waals surface area contributed by atoms with Gasteiger partial charge in [-0.05, 0) is 30.3 Å². The Balaban J connectivity index is 1.97. The van der Waals surface area contributed by atoms with Crippen LogP contribution in [0.15, 0.2) is 47.4 Å². The zero-order chi connectivity index (χ0) is 20.4. The number of carbonyl (C=O) groups excluding carboxylic acids is 2. The number of thioether (sulfide) groups is 1. The maximum absolute atomic E-state index is 12.4. The van der Waals surface area contributed by atoms with Crippen LogP contribution in [0.1, 0.15) is 10.4 Å². The molecular formula is C20H24N2O5S. The standard InChI is InChI=1S/C20H24N2O5S/c1-25-11-10-21-20(24)15-6-4-5-7-16(15)22-19(23)13-28-14-8-9-17(26-2)18(12-14)27-3/h4-9,12H,10-11,13H2,1-3H3,(H,21,24)(H,22,23). The van der Waals surface area contributed by atoms with Crippen molar-refractivity contribution < 1.29 is 23.8 Å². The molecule has 0 aliphatic carbocycles. The zero-order valence-corrected chi connectivity index (χ0v) is 16.9. The van der Waals surface area contributed by atoms with Crippen molar-refractivity contribution in [2.45, 2.75) is 4.90 Å². The van der Waals surface area contributed by atoms with E-state index in [-0.39, 0.29) is 17.6 Å². The number of hydrogen-bond donors (Lipinski definition) is 2. The van der Waals surface area contributed by atoms with Crippen LogP contribution in [-0.2, 0) is 9.53 Å². The molecule has 0 aliphatic rings. The number of carbonyl (C=O) groups is 2. The molecule has 2 amide bonds. The van der Waals surface area contributed by atoms with Crippen molar-refractivity contribution >= 4 is 29.3 Å². The van der Waals surface area contributed by atoms with Crippen LogP contribution in [0.4, 0.5) is 5.69 Å². The lowest BCUT2D eigenvalue weighted by atomic mass is 10.1. The minimum Gasteiger partial charge on any atom is -0.493 e. The molecule has 2 rings (SSSR count). The van der Waals surface area contributed by atoms with E-state index in [1.165, 1.54) is 11.8 Å². The highest BCUT2D eigenvalue weighted by molar-refractivity contribution is 8.00. The molecule has 0 fully saturated rings. The van der Waals surface area contributed by atoms with E-state index in [9.17, 15) is 9.59 Å². The van der Waals surface area contributed by atoms with E-state index in [4.69, 9.17) is 14.2 Å². The van der Waals surface area contributed by atoms with Gasteiger partial charge in [0.25, 0.3) is 5.91 Å². The average molecular weight is 404 g/mol. The van der Waals surface area contributed by atoms with E-state index >= 15 is 0 Å². The number of hydrogen-bond acceptors (Lipinski definition) is 6. The van der Waals surface area contributed by atoms with E-state index in [1.54, 1.807) is 51.7 Å². The van der Waals surface area contributed by atoms with E-state index < -0.39 is 0 Å². The van der Waals surface area contributed by atoms with Crippen LogP contribution in [-0.4, -0.2) is 52.0 Å². The van der Waals surface area contributed by atoms with Crippen molar-refractivity contribution in [1.29, 1.82) is 0 Å². The maximum Gasteiger partial charge on any atom is 0.253 e. The van der Waals surface area contributed by atoms with Crippen molar-refractivity contribution in [2.75, 3.05) is 45.6 Å². The molecule has 2 aromatic rings. The van der Waals surface area contributed by atoms with Crippen molar-refractivity contribution in [3.63, 3.8) is 0 Å². The average Bonchev–Trinajstić information content (AvgIpc) is 2.72. The molecular weight excluding hydrogens is 380 g/mol. The molecule has 8 heteroatoms. The van der Waals surface area contributed by atoms with Crippen LogP contribution in [0, 0.1) is 0 Å². The Kier molecular flexibility index (Phi) is 8.64. The van der Waals surface area contributed by atoms with Crippen LogP contribution in [0.25, 0.3) is 0 Å². The minimum absolute atomic E-state index is 0.190. The maximum atomic E-state index is 12.4. The van der Waals surface area contributed by atoms with Crippen LogP contribution in [0.3, 0.4) is 0 Å². The number of benzene rings is 2. The van der Waals surface area contributed by atoms with Gasteiger partial charge >= 0.3 is 0 Å². The van der Waals surface area contributed by atoms with Gasteiger partial charge in [-0.2, -0.15) is 0 Å². The summed E-state index contributed by atoms with van der Waals surface area (Å²) >= 11 is 1.36. The summed E-state index contributed by atoms with van der Waals surface area (Å²) < 4.78 is 15.4. The molecule has 0 atom stereocenters. The molecule has 0 unspecified atom stereocenters. The van der Waals surface area contributed by atoms with Gasteiger partial charge in [-0.25, -0.2) is 0 Å². The Morgan fingerprint density at radius 2 is 1.75 bits per heavy atom. The molecule has 0 aromatic heterocycles. The lowest BCUT2D eigenvalue weighted by molar-refractivity contribution is -0.113. The summed E-state index contributed by atoms with van der Waals surface area (Å²) in [4.78, 5) is 25.5. The topological polar surface area (TPSA) is 85.9 Å². The third-order valence-corrected chi connectivity index (χ3v) is 4.76. The number of rotatable bonds is 10. The Morgan fingerprint density at radius 1 is 1.00 bits per heavy atom. The van der Waals surface area contributed by atoms with Crippen LogP contribution >= 0.6 is 11.8 Å². The summed E-state index contributed by atoms with van der Waals surface area (Å²) in [6.07, 6.45) is 0. The molecule has 28 heavy (non-hydrogen) atoms. The second-order valence-corrected chi connectivity index (χ2v) is 6.70. The Bertz CT molecular complexity index is 813. The number of methoxy groups -OCH3 is 3. The first kappa shape index (κ1) is 21.6. The van der Waals surface area contributed by atoms with Gasteiger partial charge in [-0.1, -0.05) is 12.1 Å². The predicted molar refractivity (Wildman–Crippen MR) is 110 cm³/mol. The van der Waals surface area contributed by atoms with Gasteiger partial charge in [0, 0.05) is 18.6 Å². The normalized spacial score (nSPS) is 10.2. The van der Waals surface area contributed by atoms with Gasteiger partial charge < -0.3 is 24.8 Å². The molecule has 0 aliphatic heterocycles. The molecule has 150 valence electrons. The quantitative estimate of drug-likeness (QED) is 0.468. The SMILES string of the molecule is COCCNC(=O)c1ccccc1NC(=O)CSc1ccc(OC)c(OC)c1. The fraction of sp³-hybridized carbons (Fsp3) is 0.300. The summed E-state index contributed by atoms with van der Waals surface area (Å²) in [5, 5.41) is 5.54. The van der Waals surface area contributed by atoms with Crippen molar-refractivity contribution in [3.8, 4) is 11.5 Å². The largest absolute Gasteiger partial charge is 0.493 e. The molecule has 0 bridgehead atoms. The molecule has 2 N–H and O–H groups in total. The summed E-state index contributed by atoms with van der Waals surface area (Å²) in [6.45, 7) is 0.814. The molecule has 0 heterocycles. The van der Waals surface area contributed by atoms with E-state index in [0.29, 0.717) is 35.9 Å². The van der Waals surface area contributed by atoms with E-state index in [2.05, 4.69) is 10.6 Å². The fourth-order valence-electron chi connectivity index (χ4n) is 2.39. The number of anilines is 1. The van der Waals surface area contributed by atoms with E-state index in [0.717, 1.165) is 4.90 Å². The Morgan fingerprint density at radius 3 is 2.46 bits per heavy atom. The van der Waals surface area contributed by atoms with Gasteiger partial charge in [0.15, 0.2) is 11.5 Å². The smallest absolute Gasteiger partial charge is 0.253 e. The first-order valence-electron chi connectivity index (χ1n) is 8.60. The van der Waals surface area contributed by atoms with Gasteiger partial charge in [0.1, 0.15) is 0 Å². The Labute approximate surface area is 168 Å². The summed E-state index contributed by atoms with van der Waals surface area (Å²) in [6, 6.07) is 12.3. The molecule has 7 nitrogen and oxygen atoms in total. The lowest BCUT2D eigenvalue weighted by Gasteiger charge is -2.12. The van der Waals surface area contributed by atoms with Gasteiger partial charge in [0.2, 0.25) is 5.91 Å². The Hall–Kier alpha value is -2.71. The first-order chi connectivity index (χ1) is 13.6. The van der Waals surface area contributed by atoms with Crippen molar-refractivity contribution in [3.05, 3.63) is 48.0 Å². The lowest BCUT2D eigenvalue weighted by Crippen LogP contribution is -2.28. The molecule has 0 radical (unpaired) electrons. The molecule has 2 aromatic carbocycles. The van der Waals surface area contributed by atoms with Gasteiger partial charge in [-0.15, -0.1) is 11.8 Å². The second-order valence-electron chi connectivity index (χ2n) is 5.65. The fourth-order valence-corrected chi connectivity index (χ4v) is 3.12. The highest BCUT2D eigenvalue weighted by Crippen LogP contribution is 2.31. The number of ether oxygens (including phenoxy) is 3. The van der Waals surface area contributed by atoms with Crippen LogP contribution in [0.2, 0.25) is 0 Å². The highest BCUT2D eigenvalue weighted by Gasteiger charge is 2.13. The number of nitrogens with one attached hydrogen (secondary N) is 2. The molecule has 0 spiro atoms. The highest BCUT2D eigenvalue weighted by atomic mass is 32.2. The van der Waals surface area contributed by atoms with Crippen LogP contribution in [0.5, 0.6) is 11.5 Å².